The van der Waals surface area contributed by atoms with E-state index in [2.05, 4.69) is 4.98 Å². The molecule has 0 radical (unpaired) electrons. The first-order valence-electron chi connectivity index (χ1n) is 6.16. The van der Waals surface area contributed by atoms with E-state index in [1.807, 2.05) is 31.2 Å². The zero-order chi connectivity index (χ0) is 13.9. The van der Waals surface area contributed by atoms with Crippen LogP contribution in [0.4, 0.5) is 4.39 Å². The number of hydrogen-bond donors (Lipinski definition) is 1. The van der Waals surface area contributed by atoms with Crippen LogP contribution in [-0.2, 0) is 5.54 Å². The Balaban J connectivity index is 2.56. The average molecular weight is 260 g/mol. The monoisotopic (exact) mass is 260 g/mol. The molecule has 1 aromatic carbocycles. The van der Waals surface area contributed by atoms with E-state index in [1.54, 1.807) is 13.2 Å². The summed E-state index contributed by atoms with van der Waals surface area (Å²) in [5.41, 5.74) is 7.18. The van der Waals surface area contributed by atoms with Crippen LogP contribution in [0, 0.1) is 5.82 Å². The van der Waals surface area contributed by atoms with Crippen molar-refractivity contribution < 1.29 is 9.13 Å². The molecule has 0 amide bonds. The summed E-state index contributed by atoms with van der Waals surface area (Å²) < 4.78 is 18.4. The molecule has 1 unspecified atom stereocenters. The van der Waals surface area contributed by atoms with Crippen LogP contribution in [0.25, 0.3) is 0 Å². The fourth-order valence-corrected chi connectivity index (χ4v) is 2.16. The van der Waals surface area contributed by atoms with Crippen molar-refractivity contribution in [3.63, 3.8) is 0 Å². The number of aromatic nitrogens is 1. The van der Waals surface area contributed by atoms with Gasteiger partial charge in [0, 0.05) is 5.56 Å². The molecule has 0 aliphatic carbocycles. The van der Waals surface area contributed by atoms with E-state index in [1.165, 1.54) is 12.3 Å². The van der Waals surface area contributed by atoms with Gasteiger partial charge in [-0.15, -0.1) is 0 Å². The number of hydrogen-bond acceptors (Lipinski definition) is 3. The van der Waals surface area contributed by atoms with Crippen molar-refractivity contribution in [2.24, 2.45) is 5.73 Å². The van der Waals surface area contributed by atoms with E-state index in [9.17, 15) is 4.39 Å². The van der Waals surface area contributed by atoms with Crippen LogP contribution in [0.3, 0.4) is 0 Å². The maximum absolute atomic E-state index is 13.0. The molecule has 0 spiro atoms. The maximum Gasteiger partial charge on any atom is 0.141 e. The molecule has 100 valence electrons. The highest BCUT2D eigenvalue weighted by molar-refractivity contribution is 5.44. The highest BCUT2D eigenvalue weighted by atomic mass is 19.1. The Kier molecular flexibility index (Phi) is 3.81. The smallest absolute Gasteiger partial charge is 0.141 e. The summed E-state index contributed by atoms with van der Waals surface area (Å²) in [5, 5.41) is 0. The highest BCUT2D eigenvalue weighted by Gasteiger charge is 2.31. The van der Waals surface area contributed by atoms with E-state index < -0.39 is 5.54 Å². The van der Waals surface area contributed by atoms with E-state index in [-0.39, 0.29) is 5.82 Å². The minimum Gasteiger partial charge on any atom is -0.496 e. The van der Waals surface area contributed by atoms with Gasteiger partial charge in [0.05, 0.1) is 24.5 Å². The van der Waals surface area contributed by atoms with Crippen LogP contribution in [0.2, 0.25) is 0 Å². The third-order valence-electron chi connectivity index (χ3n) is 3.33. The fourth-order valence-electron chi connectivity index (χ4n) is 2.16. The molecule has 0 bridgehead atoms. The molecule has 0 aliphatic rings. The van der Waals surface area contributed by atoms with Gasteiger partial charge < -0.3 is 10.5 Å². The minimum atomic E-state index is -0.791. The van der Waals surface area contributed by atoms with E-state index in [4.69, 9.17) is 10.5 Å². The zero-order valence-corrected chi connectivity index (χ0v) is 11.1. The summed E-state index contributed by atoms with van der Waals surface area (Å²) in [7, 11) is 1.60. The van der Waals surface area contributed by atoms with Crippen molar-refractivity contribution in [2.75, 3.05) is 7.11 Å². The molecule has 1 heterocycles. The van der Waals surface area contributed by atoms with Crippen LogP contribution in [0.15, 0.2) is 42.6 Å². The van der Waals surface area contributed by atoms with Crippen LogP contribution in [-0.4, -0.2) is 12.1 Å². The van der Waals surface area contributed by atoms with Crippen LogP contribution in [0.5, 0.6) is 5.75 Å². The van der Waals surface area contributed by atoms with Crippen molar-refractivity contribution >= 4 is 0 Å². The second kappa shape index (κ2) is 5.36. The predicted octanol–water partition coefficient (Wildman–Crippen LogP) is 2.84. The third-order valence-corrected chi connectivity index (χ3v) is 3.33. The summed E-state index contributed by atoms with van der Waals surface area (Å²) in [6.45, 7) is 1.97. The topological polar surface area (TPSA) is 48.1 Å². The van der Waals surface area contributed by atoms with Gasteiger partial charge in [0.1, 0.15) is 11.6 Å². The lowest BCUT2D eigenvalue weighted by Gasteiger charge is -2.29. The second-order valence-electron chi connectivity index (χ2n) is 4.39. The van der Waals surface area contributed by atoms with Gasteiger partial charge in [-0.25, -0.2) is 4.39 Å². The average Bonchev–Trinajstić information content (AvgIpc) is 2.47. The van der Waals surface area contributed by atoms with Gasteiger partial charge in [0.2, 0.25) is 0 Å². The Morgan fingerprint density at radius 1 is 1.26 bits per heavy atom. The second-order valence-corrected chi connectivity index (χ2v) is 4.39. The van der Waals surface area contributed by atoms with Crippen molar-refractivity contribution in [1.82, 2.24) is 4.98 Å². The number of benzene rings is 1. The molecule has 0 aliphatic heterocycles. The van der Waals surface area contributed by atoms with Crippen molar-refractivity contribution in [3.8, 4) is 5.75 Å². The number of ether oxygens (including phenoxy) is 1. The molecule has 1 atom stereocenters. The molecule has 3 nitrogen and oxygen atoms in total. The van der Waals surface area contributed by atoms with E-state index >= 15 is 0 Å². The lowest BCUT2D eigenvalue weighted by molar-refractivity contribution is 0.389. The summed E-state index contributed by atoms with van der Waals surface area (Å²) in [5.74, 6) is 0.334. The molecule has 0 saturated heterocycles. The number of para-hydroxylation sites is 1. The molecular weight excluding hydrogens is 243 g/mol. The fraction of sp³-hybridized carbons (Fsp3) is 0.267. The first-order valence-corrected chi connectivity index (χ1v) is 6.16. The highest BCUT2D eigenvalue weighted by Crippen LogP contribution is 2.34. The number of nitrogens with zero attached hydrogens (tertiary/aromatic N) is 1. The van der Waals surface area contributed by atoms with Crippen LogP contribution >= 0.6 is 0 Å². The molecule has 2 rings (SSSR count). The van der Waals surface area contributed by atoms with Crippen molar-refractivity contribution in [3.05, 3.63) is 59.7 Å². The SMILES string of the molecule is CCC(N)(c1ccc(F)cn1)c1ccccc1OC. The Hall–Kier alpha value is -1.94. The molecule has 4 heteroatoms. The quantitative estimate of drug-likeness (QED) is 0.919. The van der Waals surface area contributed by atoms with Gasteiger partial charge in [-0.3, -0.25) is 4.98 Å². The zero-order valence-electron chi connectivity index (χ0n) is 11.1. The van der Waals surface area contributed by atoms with Crippen LogP contribution in [0.1, 0.15) is 24.6 Å². The third kappa shape index (κ3) is 2.44. The van der Waals surface area contributed by atoms with Gasteiger partial charge in [-0.05, 0) is 24.6 Å². The Labute approximate surface area is 112 Å². The van der Waals surface area contributed by atoms with Gasteiger partial charge in [-0.1, -0.05) is 25.1 Å². The Bertz CT molecular complexity index is 556. The summed E-state index contributed by atoms with van der Waals surface area (Å²) in [6.07, 6.45) is 1.81. The van der Waals surface area contributed by atoms with Crippen molar-refractivity contribution in [1.29, 1.82) is 0 Å². The Morgan fingerprint density at radius 3 is 2.58 bits per heavy atom. The maximum atomic E-state index is 13.0. The first-order chi connectivity index (χ1) is 9.11. The molecule has 1 aromatic heterocycles. The van der Waals surface area contributed by atoms with Gasteiger partial charge in [0.15, 0.2) is 0 Å². The molecule has 2 aromatic rings. The van der Waals surface area contributed by atoms with E-state index in [0.717, 1.165) is 5.56 Å². The lowest BCUT2D eigenvalue weighted by Crippen LogP contribution is -2.38. The normalized spacial score (nSPS) is 13.9. The molecular formula is C15H17FN2O. The number of rotatable bonds is 4. The van der Waals surface area contributed by atoms with Gasteiger partial charge in [-0.2, -0.15) is 0 Å². The number of halogens is 1. The van der Waals surface area contributed by atoms with Crippen LogP contribution < -0.4 is 10.5 Å². The molecule has 19 heavy (non-hydrogen) atoms. The minimum absolute atomic E-state index is 0.373. The molecule has 0 saturated carbocycles. The number of nitrogens with two attached hydrogens (primary N) is 1. The number of pyridine rings is 1. The number of methoxy groups -OCH3 is 1. The summed E-state index contributed by atoms with van der Waals surface area (Å²) in [6, 6.07) is 10.5. The van der Waals surface area contributed by atoms with Crippen molar-refractivity contribution in [2.45, 2.75) is 18.9 Å². The molecule has 2 N–H and O–H groups in total. The van der Waals surface area contributed by atoms with Gasteiger partial charge in [0.25, 0.3) is 0 Å². The summed E-state index contributed by atoms with van der Waals surface area (Å²) >= 11 is 0. The largest absolute Gasteiger partial charge is 0.496 e. The first kappa shape index (κ1) is 13.5. The molecule has 0 fully saturated rings. The standard InChI is InChI=1S/C15H17FN2O/c1-3-15(17,14-9-8-11(16)10-18-14)12-6-4-5-7-13(12)19-2/h4-10H,3,17H2,1-2H3. The summed E-state index contributed by atoms with van der Waals surface area (Å²) in [4.78, 5) is 4.12. The van der Waals surface area contributed by atoms with Gasteiger partial charge >= 0.3 is 0 Å². The predicted molar refractivity (Wildman–Crippen MR) is 72.4 cm³/mol. The Morgan fingerprint density at radius 2 is 2.00 bits per heavy atom. The lowest BCUT2D eigenvalue weighted by atomic mass is 9.84. The van der Waals surface area contributed by atoms with E-state index in [0.29, 0.717) is 17.9 Å².